The molecule has 5 unspecified atom stereocenters. The van der Waals surface area contributed by atoms with Crippen LogP contribution in [0.4, 0.5) is 0 Å². The lowest BCUT2D eigenvalue weighted by atomic mass is 9.42. The lowest BCUT2D eigenvalue weighted by molar-refractivity contribution is -0.152. The highest BCUT2D eigenvalue weighted by molar-refractivity contribution is 5.80. The zero-order valence-corrected chi connectivity index (χ0v) is 16.0. The second-order valence-corrected chi connectivity index (χ2v) is 10.1. The maximum absolute atomic E-state index is 13.3. The first-order chi connectivity index (χ1) is 12.5. The van der Waals surface area contributed by atoms with E-state index in [0.717, 1.165) is 25.9 Å². The smallest absolute Gasteiger partial charge is 0.226 e. The fourth-order valence-corrected chi connectivity index (χ4v) is 7.48. The van der Waals surface area contributed by atoms with Gasteiger partial charge in [0.2, 0.25) is 5.91 Å². The highest BCUT2D eigenvalue weighted by Crippen LogP contribution is 2.66. The molecule has 6 atom stereocenters. The molecule has 3 aliphatic carbocycles. The second-order valence-electron chi connectivity index (χ2n) is 10.1. The molecule has 1 saturated heterocycles. The van der Waals surface area contributed by atoms with Gasteiger partial charge in [-0.1, -0.05) is 37.3 Å². The third kappa shape index (κ3) is 2.46. The van der Waals surface area contributed by atoms with Crippen molar-refractivity contribution in [3.63, 3.8) is 0 Å². The summed E-state index contributed by atoms with van der Waals surface area (Å²) in [6, 6.07) is 11.4. The Morgan fingerprint density at radius 3 is 2.73 bits per heavy atom. The van der Waals surface area contributed by atoms with Gasteiger partial charge in [0.05, 0.1) is 0 Å². The van der Waals surface area contributed by atoms with E-state index in [2.05, 4.69) is 42.2 Å². The summed E-state index contributed by atoms with van der Waals surface area (Å²) in [6.45, 7) is 4.14. The van der Waals surface area contributed by atoms with Gasteiger partial charge in [-0.25, -0.2) is 0 Å². The summed E-state index contributed by atoms with van der Waals surface area (Å²) in [5, 5.41) is 0. The number of likely N-dealkylation sites (tertiary alicyclic amines) is 1. The first-order valence-corrected chi connectivity index (χ1v) is 10.6. The van der Waals surface area contributed by atoms with E-state index in [-0.39, 0.29) is 12.0 Å². The predicted octanol–water partition coefficient (Wildman–Crippen LogP) is 3.72. The third-order valence-corrected chi connectivity index (χ3v) is 8.32. The van der Waals surface area contributed by atoms with Crippen molar-refractivity contribution in [3.8, 4) is 0 Å². The van der Waals surface area contributed by atoms with Crippen molar-refractivity contribution >= 4 is 5.91 Å². The van der Waals surface area contributed by atoms with E-state index >= 15 is 0 Å². The highest BCUT2D eigenvalue weighted by atomic mass is 16.2. The topological polar surface area (TPSA) is 46.3 Å². The standard InChI is InChI=1S/C23H32N2O/c1-22-12-16-11-19(21(26)25-10-8-18(24)14-25)20(22)7-9-23(13-16,15-22)17-5-3-2-4-6-17/h2-6,16,18-20H,7-15,24H2,1H3/t16?,18-,19?,20?,22?,23?/m1/s1. The van der Waals surface area contributed by atoms with E-state index in [1.54, 1.807) is 5.56 Å². The average molecular weight is 353 g/mol. The van der Waals surface area contributed by atoms with Crippen LogP contribution in [-0.2, 0) is 10.2 Å². The number of nitrogens with zero attached hydrogens (tertiary/aromatic N) is 1. The van der Waals surface area contributed by atoms with Gasteiger partial charge in [-0.3, -0.25) is 4.79 Å². The van der Waals surface area contributed by atoms with Crippen LogP contribution in [0.5, 0.6) is 0 Å². The molecule has 3 saturated carbocycles. The van der Waals surface area contributed by atoms with Crippen LogP contribution < -0.4 is 5.73 Å². The van der Waals surface area contributed by atoms with Gasteiger partial charge in [0.1, 0.15) is 0 Å². The molecule has 2 N–H and O–H groups in total. The van der Waals surface area contributed by atoms with Crippen molar-refractivity contribution in [2.75, 3.05) is 13.1 Å². The number of nitrogens with two attached hydrogens (primary N) is 1. The van der Waals surface area contributed by atoms with Gasteiger partial charge in [0.25, 0.3) is 0 Å². The van der Waals surface area contributed by atoms with Gasteiger partial charge >= 0.3 is 0 Å². The molecule has 26 heavy (non-hydrogen) atoms. The number of amides is 1. The first-order valence-electron chi connectivity index (χ1n) is 10.6. The molecule has 4 fully saturated rings. The second kappa shape index (κ2) is 5.82. The van der Waals surface area contributed by atoms with E-state index in [1.165, 1.54) is 32.1 Å². The number of benzene rings is 1. The lowest BCUT2D eigenvalue weighted by Gasteiger charge is -2.62. The summed E-state index contributed by atoms with van der Waals surface area (Å²) in [5.74, 6) is 1.95. The summed E-state index contributed by atoms with van der Waals surface area (Å²) in [4.78, 5) is 15.4. The van der Waals surface area contributed by atoms with Crippen molar-refractivity contribution in [1.82, 2.24) is 4.90 Å². The van der Waals surface area contributed by atoms with Crippen LogP contribution in [0.1, 0.15) is 57.4 Å². The molecule has 1 aromatic carbocycles. The third-order valence-electron chi connectivity index (χ3n) is 8.32. The minimum atomic E-state index is 0.190. The maximum atomic E-state index is 13.3. The molecule has 1 aliphatic heterocycles. The largest absolute Gasteiger partial charge is 0.341 e. The number of rotatable bonds is 2. The summed E-state index contributed by atoms with van der Waals surface area (Å²) in [7, 11) is 0. The predicted molar refractivity (Wildman–Crippen MR) is 104 cm³/mol. The first kappa shape index (κ1) is 16.8. The fraction of sp³-hybridized carbons (Fsp3) is 0.696. The molecule has 3 bridgehead atoms. The molecule has 1 amide bonds. The van der Waals surface area contributed by atoms with Gasteiger partial charge in [-0.15, -0.1) is 0 Å². The Balaban J connectivity index is 1.44. The molecule has 5 rings (SSSR count). The minimum Gasteiger partial charge on any atom is -0.341 e. The fourth-order valence-electron chi connectivity index (χ4n) is 7.48. The van der Waals surface area contributed by atoms with Gasteiger partial charge < -0.3 is 10.6 Å². The molecule has 0 aromatic heterocycles. The molecule has 140 valence electrons. The molecular weight excluding hydrogens is 320 g/mol. The van der Waals surface area contributed by atoms with Crippen LogP contribution in [-0.4, -0.2) is 29.9 Å². The summed E-state index contributed by atoms with van der Waals surface area (Å²) >= 11 is 0. The maximum Gasteiger partial charge on any atom is 0.226 e. The number of hydrogen-bond donors (Lipinski definition) is 1. The Morgan fingerprint density at radius 1 is 1.19 bits per heavy atom. The Morgan fingerprint density at radius 2 is 2.00 bits per heavy atom. The molecule has 0 radical (unpaired) electrons. The lowest BCUT2D eigenvalue weighted by Crippen LogP contribution is -2.57. The van der Waals surface area contributed by atoms with Gasteiger partial charge in [-0.05, 0) is 73.2 Å². The van der Waals surface area contributed by atoms with Crippen molar-refractivity contribution in [1.29, 1.82) is 0 Å². The Labute approximate surface area is 157 Å². The summed E-state index contributed by atoms with van der Waals surface area (Å²) in [6.07, 6.45) is 8.44. The number of hydrogen-bond acceptors (Lipinski definition) is 2. The molecule has 1 heterocycles. The van der Waals surface area contributed by atoms with E-state index in [9.17, 15) is 4.79 Å². The van der Waals surface area contributed by atoms with Crippen LogP contribution in [0.25, 0.3) is 0 Å². The Kier molecular flexibility index (Phi) is 3.76. The van der Waals surface area contributed by atoms with Crippen molar-refractivity contribution in [3.05, 3.63) is 35.9 Å². The number of fused-ring (bicyclic) bond motifs is 2. The van der Waals surface area contributed by atoms with Gasteiger partial charge in [0, 0.05) is 25.0 Å². The van der Waals surface area contributed by atoms with E-state index in [1.807, 2.05) is 0 Å². The summed E-state index contributed by atoms with van der Waals surface area (Å²) < 4.78 is 0. The van der Waals surface area contributed by atoms with Crippen LogP contribution in [0, 0.1) is 23.2 Å². The van der Waals surface area contributed by atoms with Crippen LogP contribution in [0.15, 0.2) is 30.3 Å². The Bertz CT molecular complexity index is 703. The zero-order valence-electron chi connectivity index (χ0n) is 16.0. The minimum absolute atomic E-state index is 0.190. The monoisotopic (exact) mass is 352 g/mol. The highest BCUT2D eigenvalue weighted by Gasteiger charge is 2.59. The van der Waals surface area contributed by atoms with Gasteiger partial charge in [-0.2, -0.15) is 0 Å². The van der Waals surface area contributed by atoms with E-state index in [4.69, 9.17) is 5.73 Å². The normalized spacial score (nSPS) is 44.3. The molecule has 3 nitrogen and oxygen atoms in total. The van der Waals surface area contributed by atoms with E-state index < -0.39 is 0 Å². The van der Waals surface area contributed by atoms with Crippen molar-refractivity contribution in [2.24, 2.45) is 28.9 Å². The van der Waals surface area contributed by atoms with Crippen molar-refractivity contribution in [2.45, 2.75) is 63.3 Å². The average Bonchev–Trinajstić information content (AvgIpc) is 3.05. The molecule has 4 aliphatic rings. The molecule has 3 heteroatoms. The number of carbonyl (C=O) groups is 1. The van der Waals surface area contributed by atoms with Gasteiger partial charge in [0.15, 0.2) is 0 Å². The van der Waals surface area contributed by atoms with E-state index in [0.29, 0.717) is 28.6 Å². The number of carbonyl (C=O) groups excluding carboxylic acids is 1. The Hall–Kier alpha value is -1.35. The van der Waals surface area contributed by atoms with Crippen LogP contribution in [0.3, 0.4) is 0 Å². The zero-order chi connectivity index (χ0) is 17.9. The van der Waals surface area contributed by atoms with Crippen LogP contribution >= 0.6 is 0 Å². The molecular formula is C23H32N2O. The SMILES string of the molecule is CC12CC3CC(C(=O)N4CC[C@@H](N)C4)C1CCC(c1ccccc1)(C3)C2. The molecule has 0 spiro atoms. The summed E-state index contributed by atoms with van der Waals surface area (Å²) in [5.41, 5.74) is 8.31. The quantitative estimate of drug-likeness (QED) is 0.882. The van der Waals surface area contributed by atoms with Crippen molar-refractivity contribution < 1.29 is 4.79 Å². The molecule has 1 aromatic rings. The van der Waals surface area contributed by atoms with Crippen LogP contribution in [0.2, 0.25) is 0 Å².